The highest BCUT2D eigenvalue weighted by atomic mass is 32.2. The molecule has 1 N–H and O–H groups in total. The number of rotatable bonds is 5. The molecule has 0 amide bonds. The van der Waals surface area contributed by atoms with Gasteiger partial charge in [0.15, 0.2) is 4.90 Å². The van der Waals surface area contributed by atoms with Crippen molar-refractivity contribution in [2.45, 2.75) is 36.6 Å². The SMILES string of the molecule is O=[N+]([O-])c1ccccc1S(=O)(=O)N1CCCC[C@@H]1CCO. The Kier molecular flexibility index (Phi) is 4.92. The molecular formula is C13H18N2O5S. The van der Waals surface area contributed by atoms with Gasteiger partial charge in [-0.05, 0) is 25.3 Å². The lowest BCUT2D eigenvalue weighted by molar-refractivity contribution is -0.387. The molecule has 116 valence electrons. The van der Waals surface area contributed by atoms with Gasteiger partial charge in [0, 0.05) is 25.3 Å². The summed E-state index contributed by atoms with van der Waals surface area (Å²) in [5, 5.41) is 20.1. The highest BCUT2D eigenvalue weighted by Gasteiger charge is 2.36. The number of nitrogens with zero attached hydrogens (tertiary/aromatic N) is 2. The Morgan fingerprint density at radius 2 is 2.05 bits per heavy atom. The molecule has 8 heteroatoms. The number of nitro groups is 1. The van der Waals surface area contributed by atoms with Gasteiger partial charge in [0.05, 0.1) is 4.92 Å². The van der Waals surface area contributed by atoms with E-state index in [9.17, 15) is 18.5 Å². The minimum absolute atomic E-state index is 0.104. The van der Waals surface area contributed by atoms with Crippen LogP contribution in [0.15, 0.2) is 29.2 Å². The van der Waals surface area contributed by atoms with Gasteiger partial charge in [-0.15, -0.1) is 0 Å². The maximum atomic E-state index is 12.7. The maximum Gasteiger partial charge on any atom is 0.289 e. The van der Waals surface area contributed by atoms with Crippen LogP contribution in [-0.4, -0.2) is 41.9 Å². The van der Waals surface area contributed by atoms with Gasteiger partial charge in [-0.2, -0.15) is 4.31 Å². The molecule has 21 heavy (non-hydrogen) atoms. The van der Waals surface area contributed by atoms with E-state index in [-0.39, 0.29) is 17.5 Å². The third kappa shape index (κ3) is 3.22. The van der Waals surface area contributed by atoms with Crippen LogP contribution in [0.1, 0.15) is 25.7 Å². The van der Waals surface area contributed by atoms with Crippen LogP contribution in [0.3, 0.4) is 0 Å². The van der Waals surface area contributed by atoms with Crippen molar-refractivity contribution in [1.82, 2.24) is 4.31 Å². The topological polar surface area (TPSA) is 101 Å². The second-order valence-corrected chi connectivity index (χ2v) is 6.86. The van der Waals surface area contributed by atoms with Crippen LogP contribution in [0.25, 0.3) is 0 Å². The largest absolute Gasteiger partial charge is 0.396 e. The Morgan fingerprint density at radius 1 is 1.33 bits per heavy atom. The van der Waals surface area contributed by atoms with Crippen LogP contribution >= 0.6 is 0 Å². The molecule has 7 nitrogen and oxygen atoms in total. The first-order valence-corrected chi connectivity index (χ1v) is 8.28. The first-order valence-electron chi connectivity index (χ1n) is 6.84. The molecule has 0 saturated carbocycles. The number of piperidine rings is 1. The highest BCUT2D eigenvalue weighted by molar-refractivity contribution is 7.89. The molecule has 1 aromatic carbocycles. The Hall–Kier alpha value is -1.51. The van der Waals surface area contributed by atoms with Crippen molar-refractivity contribution >= 4 is 15.7 Å². The van der Waals surface area contributed by atoms with E-state index in [0.29, 0.717) is 19.4 Å². The average Bonchev–Trinajstić information content (AvgIpc) is 2.48. The minimum atomic E-state index is -3.93. The van der Waals surface area contributed by atoms with E-state index in [1.54, 1.807) is 0 Å². The van der Waals surface area contributed by atoms with Crippen LogP contribution in [-0.2, 0) is 10.0 Å². The summed E-state index contributed by atoms with van der Waals surface area (Å²) in [6.07, 6.45) is 2.63. The molecule has 0 aromatic heterocycles. The van der Waals surface area contributed by atoms with Crippen molar-refractivity contribution in [2.24, 2.45) is 0 Å². The van der Waals surface area contributed by atoms with Gasteiger partial charge in [0.1, 0.15) is 0 Å². The van der Waals surface area contributed by atoms with Gasteiger partial charge in [-0.25, -0.2) is 8.42 Å². The highest BCUT2D eigenvalue weighted by Crippen LogP contribution is 2.31. The number of hydrogen-bond donors (Lipinski definition) is 1. The summed E-state index contributed by atoms with van der Waals surface area (Å²) in [7, 11) is -3.93. The van der Waals surface area contributed by atoms with Crippen LogP contribution < -0.4 is 0 Å². The number of nitro benzene ring substituents is 1. The molecule has 1 atom stereocenters. The number of aliphatic hydroxyl groups excluding tert-OH is 1. The summed E-state index contributed by atoms with van der Waals surface area (Å²) in [5.41, 5.74) is -0.411. The number of sulfonamides is 1. The predicted octanol–water partition coefficient (Wildman–Crippen LogP) is 1.52. The molecule has 0 aliphatic carbocycles. The van der Waals surface area contributed by atoms with Crippen molar-refractivity contribution in [3.63, 3.8) is 0 Å². The third-order valence-electron chi connectivity index (χ3n) is 3.68. The summed E-state index contributed by atoms with van der Waals surface area (Å²) in [5.74, 6) is 0. The van der Waals surface area contributed by atoms with Gasteiger partial charge in [0.2, 0.25) is 10.0 Å². The van der Waals surface area contributed by atoms with Gasteiger partial charge in [-0.1, -0.05) is 18.6 Å². The van der Waals surface area contributed by atoms with Gasteiger partial charge < -0.3 is 5.11 Å². The Balaban J connectivity index is 2.43. The van der Waals surface area contributed by atoms with E-state index in [2.05, 4.69) is 0 Å². The molecule has 1 aliphatic heterocycles. The Bertz CT molecular complexity index is 615. The summed E-state index contributed by atoms with van der Waals surface area (Å²) < 4.78 is 26.8. The van der Waals surface area contributed by atoms with Gasteiger partial charge >= 0.3 is 0 Å². The predicted molar refractivity (Wildman–Crippen MR) is 76.3 cm³/mol. The van der Waals surface area contributed by atoms with Crippen LogP contribution in [0.2, 0.25) is 0 Å². The van der Waals surface area contributed by atoms with Crippen molar-refractivity contribution in [3.05, 3.63) is 34.4 Å². The molecule has 1 fully saturated rings. The zero-order valence-electron chi connectivity index (χ0n) is 11.5. The summed E-state index contributed by atoms with van der Waals surface area (Å²) >= 11 is 0. The fraction of sp³-hybridized carbons (Fsp3) is 0.538. The number of para-hydroxylation sites is 1. The normalized spacial score (nSPS) is 20.3. The van der Waals surface area contributed by atoms with E-state index in [1.165, 1.54) is 28.6 Å². The fourth-order valence-corrected chi connectivity index (χ4v) is 4.56. The first-order chi connectivity index (χ1) is 9.98. The van der Waals surface area contributed by atoms with Gasteiger partial charge in [0.25, 0.3) is 5.69 Å². The molecule has 0 radical (unpaired) electrons. The number of aliphatic hydroxyl groups is 1. The van der Waals surface area contributed by atoms with Crippen LogP contribution in [0, 0.1) is 10.1 Å². The number of benzene rings is 1. The Labute approximate surface area is 123 Å². The maximum absolute atomic E-state index is 12.7. The zero-order valence-corrected chi connectivity index (χ0v) is 12.3. The summed E-state index contributed by atoms with van der Waals surface area (Å²) in [6, 6.07) is 5.08. The molecule has 0 spiro atoms. The van der Waals surface area contributed by atoms with E-state index in [4.69, 9.17) is 5.11 Å². The molecule has 1 aliphatic rings. The molecule has 1 aromatic rings. The second-order valence-electron chi connectivity index (χ2n) is 5.00. The smallest absolute Gasteiger partial charge is 0.289 e. The first kappa shape index (κ1) is 15.9. The van der Waals surface area contributed by atoms with Crippen LogP contribution in [0.5, 0.6) is 0 Å². The van der Waals surface area contributed by atoms with Gasteiger partial charge in [-0.3, -0.25) is 10.1 Å². The number of hydrogen-bond acceptors (Lipinski definition) is 5. The van der Waals surface area contributed by atoms with Crippen molar-refractivity contribution in [2.75, 3.05) is 13.2 Å². The zero-order chi connectivity index (χ0) is 15.5. The quantitative estimate of drug-likeness (QED) is 0.656. The lowest BCUT2D eigenvalue weighted by Crippen LogP contribution is -2.44. The average molecular weight is 314 g/mol. The van der Waals surface area contributed by atoms with Crippen molar-refractivity contribution in [1.29, 1.82) is 0 Å². The van der Waals surface area contributed by atoms with E-state index in [0.717, 1.165) is 12.8 Å². The molecule has 0 unspecified atom stereocenters. The van der Waals surface area contributed by atoms with E-state index in [1.807, 2.05) is 0 Å². The monoisotopic (exact) mass is 314 g/mol. The molecular weight excluding hydrogens is 296 g/mol. The molecule has 0 bridgehead atoms. The van der Waals surface area contributed by atoms with Crippen molar-refractivity contribution in [3.8, 4) is 0 Å². The van der Waals surface area contributed by atoms with Crippen molar-refractivity contribution < 1.29 is 18.4 Å². The third-order valence-corrected chi connectivity index (χ3v) is 5.68. The van der Waals surface area contributed by atoms with E-state index >= 15 is 0 Å². The lowest BCUT2D eigenvalue weighted by Gasteiger charge is -2.34. The van der Waals surface area contributed by atoms with Crippen LogP contribution in [0.4, 0.5) is 5.69 Å². The Morgan fingerprint density at radius 3 is 2.71 bits per heavy atom. The standard InChI is InChI=1S/C13H18N2O5S/c16-10-8-11-5-3-4-9-14(11)21(19,20)13-7-2-1-6-12(13)15(17)18/h1-2,6-7,11,16H,3-5,8-10H2/t11-/m1/s1. The summed E-state index contributed by atoms with van der Waals surface area (Å²) in [6.45, 7) is 0.229. The lowest BCUT2D eigenvalue weighted by atomic mass is 10.0. The molecule has 1 saturated heterocycles. The molecule has 1 heterocycles. The van der Waals surface area contributed by atoms with E-state index < -0.39 is 20.6 Å². The molecule has 2 rings (SSSR count). The minimum Gasteiger partial charge on any atom is -0.396 e. The summed E-state index contributed by atoms with van der Waals surface area (Å²) in [4.78, 5) is 10.1. The second kappa shape index (κ2) is 6.50. The fourth-order valence-electron chi connectivity index (χ4n) is 2.68.